The minimum Gasteiger partial charge on any atom is -0.380 e. The highest BCUT2D eigenvalue weighted by Gasteiger charge is 2.44. The molecule has 0 bridgehead atoms. The standard InChI is InChI=1S/C28H28F6N4/c1-3-17-5-6-20-21-9-16(2)38(15-28(32,33)34)27(26(21)36-24(20)10-17)25-22(30)11-18(12-23(25)31)35-19-13-37(14-19)8-4-7-29/h1,5-6,10-12,16,19,27,35-36H,4,7-9,13-15H2,2H3/t16-,27-/m0/s1. The van der Waals surface area contributed by atoms with Gasteiger partial charge < -0.3 is 10.3 Å². The van der Waals surface area contributed by atoms with E-state index in [1.807, 2.05) is 4.90 Å². The van der Waals surface area contributed by atoms with Crippen LogP contribution in [-0.4, -0.2) is 65.9 Å². The van der Waals surface area contributed by atoms with Crippen molar-refractivity contribution in [1.29, 1.82) is 0 Å². The summed E-state index contributed by atoms with van der Waals surface area (Å²) in [4.78, 5) is 6.26. The predicted octanol–water partition coefficient (Wildman–Crippen LogP) is 5.78. The number of alkyl halides is 4. The fraction of sp³-hybridized carbons (Fsp3) is 0.429. The monoisotopic (exact) mass is 534 g/mol. The number of nitrogens with one attached hydrogen (secondary N) is 2. The number of aromatic amines is 1. The Morgan fingerprint density at radius 3 is 2.47 bits per heavy atom. The van der Waals surface area contributed by atoms with Crippen molar-refractivity contribution in [2.24, 2.45) is 0 Å². The Morgan fingerprint density at radius 2 is 1.84 bits per heavy atom. The molecule has 2 atom stereocenters. The topological polar surface area (TPSA) is 34.3 Å². The van der Waals surface area contributed by atoms with E-state index in [0.717, 1.165) is 28.0 Å². The highest BCUT2D eigenvalue weighted by atomic mass is 19.4. The van der Waals surface area contributed by atoms with E-state index in [4.69, 9.17) is 6.42 Å². The molecule has 3 heterocycles. The lowest BCUT2D eigenvalue weighted by Gasteiger charge is -2.41. The molecule has 0 saturated carbocycles. The fourth-order valence-corrected chi connectivity index (χ4v) is 5.71. The van der Waals surface area contributed by atoms with Crippen LogP contribution in [0.3, 0.4) is 0 Å². The van der Waals surface area contributed by atoms with Gasteiger partial charge in [0.2, 0.25) is 0 Å². The molecule has 2 aliphatic heterocycles. The highest BCUT2D eigenvalue weighted by molar-refractivity contribution is 5.86. The van der Waals surface area contributed by atoms with Crippen LogP contribution >= 0.6 is 0 Å². The molecule has 0 spiro atoms. The number of rotatable bonds is 7. The zero-order valence-corrected chi connectivity index (χ0v) is 20.8. The van der Waals surface area contributed by atoms with E-state index in [1.54, 1.807) is 25.1 Å². The van der Waals surface area contributed by atoms with Gasteiger partial charge in [0.25, 0.3) is 0 Å². The third kappa shape index (κ3) is 5.09. The van der Waals surface area contributed by atoms with E-state index in [0.29, 0.717) is 42.8 Å². The maximum Gasteiger partial charge on any atom is 0.401 e. The quantitative estimate of drug-likeness (QED) is 0.298. The van der Waals surface area contributed by atoms with Crippen molar-refractivity contribution in [2.75, 3.05) is 38.2 Å². The number of terminal acetylenes is 1. The number of anilines is 1. The lowest BCUT2D eigenvalue weighted by atomic mass is 9.88. The number of aromatic nitrogens is 1. The SMILES string of the molecule is C#Cc1ccc2c3c([nH]c2c1)[C@H](c1c(F)cc(NC2CN(CCCF)C2)cc1F)N(CC(F)(F)F)[C@@H](C)C3. The van der Waals surface area contributed by atoms with Gasteiger partial charge >= 0.3 is 6.18 Å². The van der Waals surface area contributed by atoms with Crippen molar-refractivity contribution >= 4 is 16.6 Å². The Hall–Kier alpha value is -3.16. The summed E-state index contributed by atoms with van der Waals surface area (Å²) in [6.07, 6.45) is 1.64. The van der Waals surface area contributed by atoms with Crippen molar-refractivity contribution in [3.8, 4) is 12.3 Å². The number of hydrogen-bond acceptors (Lipinski definition) is 3. The van der Waals surface area contributed by atoms with Gasteiger partial charge in [-0.25, -0.2) is 8.78 Å². The Morgan fingerprint density at radius 1 is 1.13 bits per heavy atom. The molecule has 4 nitrogen and oxygen atoms in total. The molecule has 0 radical (unpaired) electrons. The summed E-state index contributed by atoms with van der Waals surface area (Å²) in [7, 11) is 0. The molecule has 10 heteroatoms. The molecule has 1 aromatic heterocycles. The summed E-state index contributed by atoms with van der Waals surface area (Å²) in [5.74, 6) is 0.669. The van der Waals surface area contributed by atoms with Gasteiger partial charge in [-0.05, 0) is 49.6 Å². The van der Waals surface area contributed by atoms with Crippen LogP contribution in [0.4, 0.5) is 32.0 Å². The molecule has 38 heavy (non-hydrogen) atoms. The van der Waals surface area contributed by atoms with Gasteiger partial charge in [-0.3, -0.25) is 14.2 Å². The highest BCUT2D eigenvalue weighted by Crippen LogP contribution is 2.44. The number of likely N-dealkylation sites (tertiary alicyclic amines) is 1. The maximum absolute atomic E-state index is 15.6. The van der Waals surface area contributed by atoms with E-state index in [9.17, 15) is 17.6 Å². The Labute approximate surface area is 217 Å². The van der Waals surface area contributed by atoms with Gasteiger partial charge in [0.1, 0.15) is 11.6 Å². The zero-order chi connectivity index (χ0) is 27.2. The lowest BCUT2D eigenvalue weighted by molar-refractivity contribution is -0.155. The Bertz CT molecular complexity index is 1350. The molecular weight excluding hydrogens is 506 g/mol. The average Bonchev–Trinajstić information content (AvgIpc) is 3.18. The number of fused-ring (bicyclic) bond motifs is 3. The van der Waals surface area contributed by atoms with Crippen molar-refractivity contribution in [2.45, 2.75) is 44.1 Å². The molecular formula is C28H28F6N4. The molecule has 0 amide bonds. The molecule has 0 aliphatic carbocycles. The van der Waals surface area contributed by atoms with Gasteiger partial charge in [-0.15, -0.1) is 6.42 Å². The first-order chi connectivity index (χ1) is 18.1. The molecule has 2 N–H and O–H groups in total. The molecule has 1 saturated heterocycles. The molecule has 2 aliphatic rings. The second kappa shape index (κ2) is 10.2. The minimum absolute atomic E-state index is 0.0543. The molecule has 1 fully saturated rings. The molecule has 0 unspecified atom stereocenters. The summed E-state index contributed by atoms with van der Waals surface area (Å²) in [5.41, 5.74) is 2.02. The van der Waals surface area contributed by atoms with Gasteiger partial charge in [-0.1, -0.05) is 12.0 Å². The first-order valence-electron chi connectivity index (χ1n) is 12.6. The number of hydrogen-bond donors (Lipinski definition) is 2. The molecule has 5 rings (SSSR count). The summed E-state index contributed by atoms with van der Waals surface area (Å²) in [6.45, 7) is 1.75. The predicted molar refractivity (Wildman–Crippen MR) is 135 cm³/mol. The average molecular weight is 535 g/mol. The summed E-state index contributed by atoms with van der Waals surface area (Å²) in [5, 5.41) is 3.84. The molecule has 202 valence electrons. The van der Waals surface area contributed by atoms with E-state index in [-0.39, 0.29) is 18.2 Å². The Kier molecular flexibility index (Phi) is 7.09. The third-order valence-electron chi connectivity index (χ3n) is 7.43. The molecule has 2 aromatic carbocycles. The largest absolute Gasteiger partial charge is 0.401 e. The zero-order valence-electron chi connectivity index (χ0n) is 20.8. The van der Waals surface area contributed by atoms with Crippen LogP contribution in [0.15, 0.2) is 30.3 Å². The van der Waals surface area contributed by atoms with E-state index < -0.39 is 48.7 Å². The number of benzene rings is 2. The first kappa shape index (κ1) is 26.4. The van der Waals surface area contributed by atoms with E-state index in [2.05, 4.69) is 16.2 Å². The summed E-state index contributed by atoms with van der Waals surface area (Å²) in [6, 6.07) is 5.49. The van der Waals surface area contributed by atoms with Crippen molar-refractivity contribution in [3.63, 3.8) is 0 Å². The van der Waals surface area contributed by atoms with Crippen LogP contribution in [0.1, 0.15) is 41.8 Å². The van der Waals surface area contributed by atoms with Crippen molar-refractivity contribution in [1.82, 2.24) is 14.8 Å². The second-order valence-electron chi connectivity index (χ2n) is 10.2. The smallest absolute Gasteiger partial charge is 0.380 e. The Balaban J connectivity index is 1.52. The molecule has 3 aromatic rings. The van der Waals surface area contributed by atoms with Crippen LogP contribution in [0, 0.1) is 24.0 Å². The van der Waals surface area contributed by atoms with E-state index >= 15 is 8.78 Å². The normalized spacial score (nSPS) is 20.8. The summed E-state index contributed by atoms with van der Waals surface area (Å²) >= 11 is 0. The van der Waals surface area contributed by atoms with Gasteiger partial charge in [0.15, 0.2) is 0 Å². The van der Waals surface area contributed by atoms with Crippen LogP contribution < -0.4 is 5.32 Å². The number of nitrogens with zero attached hydrogens (tertiary/aromatic N) is 2. The fourth-order valence-electron chi connectivity index (χ4n) is 5.71. The van der Waals surface area contributed by atoms with Crippen molar-refractivity contribution in [3.05, 3.63) is 64.4 Å². The lowest BCUT2D eigenvalue weighted by Crippen LogP contribution is -2.54. The first-order valence-corrected chi connectivity index (χ1v) is 12.6. The minimum atomic E-state index is -4.57. The van der Waals surface area contributed by atoms with Crippen LogP contribution in [0.5, 0.6) is 0 Å². The number of halogens is 6. The van der Waals surface area contributed by atoms with Gasteiger partial charge in [0, 0.05) is 59.1 Å². The number of H-pyrrole nitrogens is 1. The third-order valence-corrected chi connectivity index (χ3v) is 7.43. The van der Waals surface area contributed by atoms with Crippen molar-refractivity contribution < 1.29 is 26.3 Å². The van der Waals surface area contributed by atoms with Crippen LogP contribution in [0.25, 0.3) is 10.9 Å². The summed E-state index contributed by atoms with van der Waals surface area (Å²) < 4.78 is 84.6. The van der Waals surface area contributed by atoms with E-state index in [1.165, 1.54) is 0 Å². The van der Waals surface area contributed by atoms with Gasteiger partial charge in [0.05, 0.1) is 25.3 Å². The van der Waals surface area contributed by atoms with Crippen LogP contribution in [-0.2, 0) is 6.42 Å². The van der Waals surface area contributed by atoms with Crippen LogP contribution in [0.2, 0.25) is 0 Å². The second-order valence-corrected chi connectivity index (χ2v) is 10.2. The van der Waals surface area contributed by atoms with Gasteiger partial charge in [-0.2, -0.15) is 13.2 Å². The maximum atomic E-state index is 15.6.